The standard InChI is InChI=1S/C12H21NO5S/c1-11(2,19(3,17)18)9(14)13-12(10(15)16)7-5-4-6-8-12/h4-8H2,1-3H3,(H,13,14)(H,15,16). The van der Waals surface area contributed by atoms with Crippen LogP contribution in [0.3, 0.4) is 0 Å². The Bertz CT molecular complexity index is 474. The van der Waals surface area contributed by atoms with Crippen LogP contribution in [0.5, 0.6) is 0 Å². The molecule has 110 valence electrons. The van der Waals surface area contributed by atoms with Crippen molar-refractivity contribution >= 4 is 21.7 Å². The lowest BCUT2D eigenvalue weighted by Gasteiger charge is -2.36. The van der Waals surface area contributed by atoms with Gasteiger partial charge in [0.15, 0.2) is 9.84 Å². The van der Waals surface area contributed by atoms with Crippen molar-refractivity contribution in [1.82, 2.24) is 5.32 Å². The summed E-state index contributed by atoms with van der Waals surface area (Å²) in [7, 11) is -3.61. The number of carbonyl (C=O) groups excluding carboxylic acids is 1. The van der Waals surface area contributed by atoms with Crippen LogP contribution >= 0.6 is 0 Å². The van der Waals surface area contributed by atoms with Gasteiger partial charge in [-0.1, -0.05) is 19.3 Å². The van der Waals surface area contributed by atoms with Gasteiger partial charge in [-0.2, -0.15) is 0 Å². The number of aliphatic carboxylic acids is 1. The minimum absolute atomic E-state index is 0.341. The molecule has 0 aromatic heterocycles. The van der Waals surface area contributed by atoms with Crippen LogP contribution in [0.25, 0.3) is 0 Å². The number of nitrogens with one attached hydrogen (secondary N) is 1. The highest BCUT2D eigenvalue weighted by Crippen LogP contribution is 2.29. The highest BCUT2D eigenvalue weighted by molar-refractivity contribution is 7.92. The van der Waals surface area contributed by atoms with Gasteiger partial charge in [-0.05, 0) is 26.7 Å². The minimum atomic E-state index is -3.61. The zero-order valence-corrected chi connectivity index (χ0v) is 12.3. The fourth-order valence-electron chi connectivity index (χ4n) is 2.08. The topological polar surface area (TPSA) is 101 Å². The third kappa shape index (κ3) is 3.08. The van der Waals surface area contributed by atoms with Gasteiger partial charge in [0.2, 0.25) is 5.91 Å². The van der Waals surface area contributed by atoms with E-state index in [0.29, 0.717) is 25.7 Å². The van der Waals surface area contributed by atoms with E-state index >= 15 is 0 Å². The molecular formula is C12H21NO5S. The van der Waals surface area contributed by atoms with Crippen LogP contribution in [0.4, 0.5) is 0 Å². The summed E-state index contributed by atoms with van der Waals surface area (Å²) >= 11 is 0. The third-order valence-corrected chi connectivity index (χ3v) is 5.98. The van der Waals surface area contributed by atoms with Crippen molar-refractivity contribution in [2.45, 2.75) is 56.2 Å². The number of rotatable bonds is 4. The van der Waals surface area contributed by atoms with Crippen molar-refractivity contribution in [3.05, 3.63) is 0 Å². The summed E-state index contributed by atoms with van der Waals surface area (Å²) in [5.74, 6) is -1.84. The summed E-state index contributed by atoms with van der Waals surface area (Å²) in [6.07, 6.45) is 4.01. The van der Waals surface area contributed by atoms with E-state index in [9.17, 15) is 23.1 Å². The molecule has 1 aliphatic carbocycles. The molecule has 0 aromatic rings. The SMILES string of the molecule is CC(C)(C(=O)NC1(C(=O)O)CCCCC1)S(C)(=O)=O. The summed E-state index contributed by atoms with van der Waals surface area (Å²) in [5, 5.41) is 11.8. The first-order valence-electron chi connectivity index (χ1n) is 6.28. The Morgan fingerprint density at radius 3 is 2.00 bits per heavy atom. The average molecular weight is 291 g/mol. The number of sulfone groups is 1. The molecule has 0 saturated heterocycles. The summed E-state index contributed by atoms with van der Waals surface area (Å²) in [5.41, 5.74) is -1.32. The van der Waals surface area contributed by atoms with E-state index in [2.05, 4.69) is 5.32 Å². The second kappa shape index (κ2) is 5.11. The Morgan fingerprint density at radius 1 is 1.16 bits per heavy atom. The molecule has 2 N–H and O–H groups in total. The van der Waals surface area contributed by atoms with Gasteiger partial charge in [0.1, 0.15) is 10.3 Å². The van der Waals surface area contributed by atoms with Crippen LogP contribution in [0.15, 0.2) is 0 Å². The lowest BCUT2D eigenvalue weighted by molar-refractivity contribution is -0.149. The molecule has 1 amide bonds. The molecule has 0 unspecified atom stereocenters. The second-order valence-electron chi connectivity index (χ2n) is 5.68. The first kappa shape index (κ1) is 15.9. The van der Waals surface area contributed by atoms with E-state index < -0.39 is 32.0 Å². The molecule has 0 spiro atoms. The van der Waals surface area contributed by atoms with Gasteiger partial charge < -0.3 is 10.4 Å². The molecule has 0 atom stereocenters. The summed E-state index contributed by atoms with van der Waals surface area (Å²) in [4.78, 5) is 23.6. The lowest BCUT2D eigenvalue weighted by Crippen LogP contribution is -2.61. The molecule has 0 radical (unpaired) electrons. The van der Waals surface area contributed by atoms with E-state index in [1.165, 1.54) is 13.8 Å². The molecule has 0 aromatic carbocycles. The molecule has 7 heteroatoms. The van der Waals surface area contributed by atoms with Crippen molar-refractivity contribution in [1.29, 1.82) is 0 Å². The number of amides is 1. The van der Waals surface area contributed by atoms with Crippen molar-refractivity contribution < 1.29 is 23.1 Å². The number of hydrogen-bond donors (Lipinski definition) is 2. The Labute approximate surface area is 113 Å². The van der Waals surface area contributed by atoms with Gasteiger partial charge in [0, 0.05) is 6.26 Å². The Hall–Kier alpha value is -1.11. The van der Waals surface area contributed by atoms with Crippen LogP contribution in [-0.2, 0) is 19.4 Å². The van der Waals surface area contributed by atoms with Gasteiger partial charge in [0.25, 0.3) is 0 Å². The Morgan fingerprint density at radius 2 is 1.63 bits per heavy atom. The predicted octanol–water partition coefficient (Wildman–Crippen LogP) is 0.713. The van der Waals surface area contributed by atoms with Crippen LogP contribution in [0.1, 0.15) is 46.0 Å². The first-order valence-corrected chi connectivity index (χ1v) is 8.18. The average Bonchev–Trinajstić information content (AvgIpc) is 2.28. The van der Waals surface area contributed by atoms with Gasteiger partial charge >= 0.3 is 5.97 Å². The van der Waals surface area contributed by atoms with Gasteiger partial charge in [-0.25, -0.2) is 13.2 Å². The monoisotopic (exact) mass is 291 g/mol. The smallest absolute Gasteiger partial charge is 0.329 e. The summed E-state index contributed by atoms with van der Waals surface area (Å²) < 4.78 is 21.6. The predicted molar refractivity (Wildman–Crippen MR) is 70.5 cm³/mol. The molecular weight excluding hydrogens is 270 g/mol. The number of carboxylic acid groups (broad SMARTS) is 1. The molecule has 1 saturated carbocycles. The van der Waals surface area contributed by atoms with Crippen molar-refractivity contribution in [3.63, 3.8) is 0 Å². The van der Waals surface area contributed by atoms with E-state index in [1.807, 2.05) is 0 Å². The molecule has 19 heavy (non-hydrogen) atoms. The number of carbonyl (C=O) groups is 2. The van der Waals surface area contributed by atoms with Crippen LogP contribution in [0.2, 0.25) is 0 Å². The second-order valence-corrected chi connectivity index (χ2v) is 8.25. The highest BCUT2D eigenvalue weighted by Gasteiger charge is 2.46. The molecule has 0 aliphatic heterocycles. The third-order valence-electron chi connectivity index (χ3n) is 3.94. The zero-order chi connectivity index (χ0) is 14.9. The zero-order valence-electron chi connectivity index (χ0n) is 11.5. The molecule has 0 bridgehead atoms. The van der Waals surface area contributed by atoms with Crippen molar-refractivity contribution in [2.24, 2.45) is 0 Å². The van der Waals surface area contributed by atoms with E-state index in [4.69, 9.17) is 0 Å². The normalized spacial score (nSPS) is 19.7. The van der Waals surface area contributed by atoms with Gasteiger partial charge in [-0.15, -0.1) is 0 Å². The first-order chi connectivity index (χ1) is 8.53. The molecule has 0 heterocycles. The molecule has 1 rings (SSSR count). The molecule has 1 fully saturated rings. The minimum Gasteiger partial charge on any atom is -0.480 e. The van der Waals surface area contributed by atoms with Crippen LogP contribution in [0, 0.1) is 0 Å². The summed E-state index contributed by atoms with van der Waals surface area (Å²) in [6.45, 7) is 2.58. The Kier molecular flexibility index (Phi) is 4.29. The van der Waals surface area contributed by atoms with Gasteiger partial charge in [-0.3, -0.25) is 4.79 Å². The van der Waals surface area contributed by atoms with Gasteiger partial charge in [0.05, 0.1) is 0 Å². The van der Waals surface area contributed by atoms with Crippen molar-refractivity contribution in [3.8, 4) is 0 Å². The number of hydrogen-bond acceptors (Lipinski definition) is 4. The maximum Gasteiger partial charge on any atom is 0.329 e. The van der Waals surface area contributed by atoms with Crippen LogP contribution in [-0.4, -0.2) is 41.9 Å². The maximum atomic E-state index is 12.1. The largest absolute Gasteiger partial charge is 0.480 e. The summed E-state index contributed by atoms with van der Waals surface area (Å²) in [6, 6.07) is 0. The Balaban J connectivity index is 2.99. The van der Waals surface area contributed by atoms with Crippen LogP contribution < -0.4 is 5.32 Å². The molecule has 6 nitrogen and oxygen atoms in total. The fraction of sp³-hybridized carbons (Fsp3) is 0.833. The van der Waals surface area contributed by atoms with E-state index in [0.717, 1.165) is 12.7 Å². The van der Waals surface area contributed by atoms with Crippen molar-refractivity contribution in [2.75, 3.05) is 6.26 Å². The van der Waals surface area contributed by atoms with E-state index in [-0.39, 0.29) is 0 Å². The fourth-order valence-corrected chi connectivity index (χ4v) is 2.47. The van der Waals surface area contributed by atoms with E-state index in [1.54, 1.807) is 0 Å². The maximum absolute atomic E-state index is 12.1. The highest BCUT2D eigenvalue weighted by atomic mass is 32.2. The quantitative estimate of drug-likeness (QED) is 0.794. The number of carboxylic acids is 1. The lowest BCUT2D eigenvalue weighted by atomic mass is 9.81. The molecule has 1 aliphatic rings.